The van der Waals surface area contributed by atoms with Crippen LogP contribution in [0, 0.1) is 0 Å². The molecule has 3 aromatic rings. The molecule has 0 aromatic carbocycles. The molecule has 3 heterocycles. The minimum atomic E-state index is 0.156. The Morgan fingerprint density at radius 1 is 1.40 bits per heavy atom. The molecule has 0 bridgehead atoms. The van der Waals surface area contributed by atoms with Crippen LogP contribution in [0.5, 0.6) is 0 Å². The number of pyridine rings is 1. The second kappa shape index (κ2) is 5.49. The van der Waals surface area contributed by atoms with Crippen molar-refractivity contribution in [1.82, 2.24) is 30.1 Å². The van der Waals surface area contributed by atoms with Gasteiger partial charge in [-0.3, -0.25) is 4.98 Å². The van der Waals surface area contributed by atoms with E-state index in [1.165, 1.54) is 0 Å². The van der Waals surface area contributed by atoms with Crippen molar-refractivity contribution in [2.75, 3.05) is 0 Å². The molecule has 0 amide bonds. The van der Waals surface area contributed by atoms with Crippen LogP contribution in [0.25, 0.3) is 11.5 Å². The monoisotopic (exact) mass is 334 g/mol. The highest BCUT2D eigenvalue weighted by atomic mass is 79.9. The van der Waals surface area contributed by atoms with Gasteiger partial charge in [-0.25, -0.2) is 4.68 Å². The van der Waals surface area contributed by atoms with Gasteiger partial charge in [0.15, 0.2) is 0 Å². The smallest absolute Gasteiger partial charge is 0.248 e. The average Bonchev–Trinajstić information content (AvgIpc) is 3.10. The van der Waals surface area contributed by atoms with Crippen molar-refractivity contribution in [2.45, 2.75) is 18.3 Å². The fraction of sp³-hybridized carbons (Fsp3) is 0.250. The third-order valence-electron chi connectivity index (χ3n) is 2.62. The largest absolute Gasteiger partial charge is 0.337 e. The fourth-order valence-electron chi connectivity index (χ4n) is 1.63. The Morgan fingerprint density at radius 2 is 2.30 bits per heavy atom. The summed E-state index contributed by atoms with van der Waals surface area (Å²) in [6, 6.07) is 5.54. The van der Waals surface area contributed by atoms with E-state index in [0.717, 1.165) is 5.69 Å². The Hall–Kier alpha value is -2.09. The summed E-state index contributed by atoms with van der Waals surface area (Å²) in [6.07, 6.45) is 3.52. The van der Waals surface area contributed by atoms with Gasteiger partial charge in [-0.1, -0.05) is 32.4 Å². The molecule has 20 heavy (non-hydrogen) atoms. The molecule has 0 spiro atoms. The van der Waals surface area contributed by atoms with Gasteiger partial charge in [-0.2, -0.15) is 4.98 Å². The molecule has 0 aliphatic carbocycles. The molecule has 0 aliphatic heterocycles. The topological polar surface area (TPSA) is 82.5 Å². The molecule has 1 unspecified atom stereocenters. The lowest BCUT2D eigenvalue weighted by Crippen LogP contribution is -2.00. The Morgan fingerprint density at radius 3 is 3.00 bits per heavy atom. The van der Waals surface area contributed by atoms with Crippen LogP contribution < -0.4 is 0 Å². The van der Waals surface area contributed by atoms with Crippen molar-refractivity contribution in [3.63, 3.8) is 0 Å². The molecule has 0 N–H and O–H groups in total. The maximum absolute atomic E-state index is 5.19. The summed E-state index contributed by atoms with van der Waals surface area (Å²) in [5.74, 6) is 0.930. The van der Waals surface area contributed by atoms with E-state index < -0.39 is 0 Å². The molecule has 8 heteroatoms. The molecule has 102 valence electrons. The minimum Gasteiger partial charge on any atom is -0.337 e. The van der Waals surface area contributed by atoms with E-state index in [4.69, 9.17) is 4.52 Å². The Bertz CT molecular complexity index is 693. The molecule has 0 saturated carbocycles. The highest BCUT2D eigenvalue weighted by molar-refractivity contribution is 9.09. The molecule has 0 saturated heterocycles. The minimum absolute atomic E-state index is 0.156. The van der Waals surface area contributed by atoms with Crippen molar-refractivity contribution in [3.05, 3.63) is 42.2 Å². The predicted molar refractivity (Wildman–Crippen MR) is 74.0 cm³/mol. The lowest BCUT2D eigenvalue weighted by Gasteiger charge is -1.94. The zero-order valence-electron chi connectivity index (χ0n) is 10.6. The second-order valence-corrected chi connectivity index (χ2v) is 5.56. The first kappa shape index (κ1) is 12.9. The van der Waals surface area contributed by atoms with Crippen LogP contribution in [0.2, 0.25) is 0 Å². The van der Waals surface area contributed by atoms with Crippen LogP contribution in [-0.4, -0.2) is 30.1 Å². The number of aromatic nitrogens is 6. The van der Waals surface area contributed by atoms with Crippen molar-refractivity contribution in [1.29, 1.82) is 0 Å². The van der Waals surface area contributed by atoms with Gasteiger partial charge in [0.2, 0.25) is 11.7 Å². The van der Waals surface area contributed by atoms with Gasteiger partial charge in [0.05, 0.1) is 16.7 Å². The van der Waals surface area contributed by atoms with E-state index in [-0.39, 0.29) is 4.83 Å². The number of nitrogens with zero attached hydrogens (tertiary/aromatic N) is 6. The zero-order valence-corrected chi connectivity index (χ0v) is 12.2. The fourth-order valence-corrected chi connectivity index (χ4v) is 1.84. The van der Waals surface area contributed by atoms with Gasteiger partial charge in [0.1, 0.15) is 12.2 Å². The molecule has 3 aromatic heterocycles. The summed E-state index contributed by atoms with van der Waals surface area (Å²) < 4.78 is 6.85. The van der Waals surface area contributed by atoms with Gasteiger partial charge in [-0.15, -0.1) is 5.10 Å². The first-order valence-electron chi connectivity index (χ1n) is 6.00. The molecule has 0 aliphatic rings. The summed E-state index contributed by atoms with van der Waals surface area (Å²) in [6.45, 7) is 2.37. The standard InChI is InChI=1S/C12H11BrN6O/c1-8(13)10-6-19(18-16-10)7-11-15-12(17-20-11)9-4-2-3-5-14-9/h2-6,8H,7H2,1H3. The van der Waals surface area contributed by atoms with Crippen LogP contribution in [-0.2, 0) is 6.54 Å². The van der Waals surface area contributed by atoms with Crippen molar-refractivity contribution >= 4 is 15.9 Å². The van der Waals surface area contributed by atoms with E-state index in [0.29, 0.717) is 24.0 Å². The first-order chi connectivity index (χ1) is 9.72. The second-order valence-electron chi connectivity index (χ2n) is 4.18. The molecular weight excluding hydrogens is 324 g/mol. The number of hydrogen-bond donors (Lipinski definition) is 0. The molecule has 3 rings (SSSR count). The normalized spacial score (nSPS) is 12.5. The van der Waals surface area contributed by atoms with Crippen molar-refractivity contribution < 1.29 is 4.52 Å². The van der Waals surface area contributed by atoms with E-state index in [9.17, 15) is 0 Å². The van der Waals surface area contributed by atoms with E-state index in [1.807, 2.05) is 31.3 Å². The number of halogens is 1. The van der Waals surface area contributed by atoms with Gasteiger partial charge in [-0.05, 0) is 19.1 Å². The number of rotatable bonds is 4. The number of alkyl halides is 1. The van der Waals surface area contributed by atoms with Crippen LogP contribution in [0.15, 0.2) is 35.1 Å². The van der Waals surface area contributed by atoms with Gasteiger partial charge in [0.25, 0.3) is 0 Å². The highest BCUT2D eigenvalue weighted by Gasteiger charge is 2.12. The van der Waals surface area contributed by atoms with Crippen LogP contribution >= 0.6 is 15.9 Å². The van der Waals surface area contributed by atoms with E-state index >= 15 is 0 Å². The van der Waals surface area contributed by atoms with Crippen molar-refractivity contribution in [3.8, 4) is 11.5 Å². The predicted octanol–water partition coefficient (Wildman–Crippen LogP) is 2.23. The Balaban J connectivity index is 1.77. The lowest BCUT2D eigenvalue weighted by atomic mass is 10.3. The highest BCUT2D eigenvalue weighted by Crippen LogP contribution is 2.18. The maximum Gasteiger partial charge on any atom is 0.248 e. The number of hydrogen-bond acceptors (Lipinski definition) is 6. The Kier molecular flexibility index (Phi) is 3.55. The summed E-state index contributed by atoms with van der Waals surface area (Å²) >= 11 is 3.44. The van der Waals surface area contributed by atoms with E-state index in [2.05, 4.69) is 41.4 Å². The maximum atomic E-state index is 5.19. The third-order valence-corrected chi connectivity index (χ3v) is 3.09. The van der Waals surface area contributed by atoms with Gasteiger partial charge >= 0.3 is 0 Å². The summed E-state index contributed by atoms with van der Waals surface area (Å²) in [5.41, 5.74) is 1.53. The zero-order chi connectivity index (χ0) is 13.9. The summed E-state index contributed by atoms with van der Waals surface area (Å²) in [7, 11) is 0. The van der Waals surface area contributed by atoms with Gasteiger partial charge < -0.3 is 4.52 Å². The van der Waals surface area contributed by atoms with Crippen LogP contribution in [0.4, 0.5) is 0 Å². The van der Waals surface area contributed by atoms with Crippen LogP contribution in [0.3, 0.4) is 0 Å². The van der Waals surface area contributed by atoms with Crippen molar-refractivity contribution in [2.24, 2.45) is 0 Å². The van der Waals surface area contributed by atoms with E-state index in [1.54, 1.807) is 10.9 Å². The van der Waals surface area contributed by atoms with Gasteiger partial charge in [0, 0.05) is 6.20 Å². The average molecular weight is 335 g/mol. The quantitative estimate of drug-likeness (QED) is 0.680. The summed E-state index contributed by atoms with van der Waals surface area (Å²) in [4.78, 5) is 8.62. The molecule has 0 radical (unpaired) electrons. The molecular formula is C12H11BrN6O. The summed E-state index contributed by atoms with van der Waals surface area (Å²) in [5, 5.41) is 12.0. The van der Waals surface area contributed by atoms with Crippen LogP contribution in [0.1, 0.15) is 23.3 Å². The Labute approximate surface area is 123 Å². The third kappa shape index (κ3) is 2.74. The molecule has 1 atom stereocenters. The lowest BCUT2D eigenvalue weighted by molar-refractivity contribution is 0.364. The SMILES string of the molecule is CC(Br)c1cn(Cc2nc(-c3ccccn3)no2)nn1. The molecule has 7 nitrogen and oxygen atoms in total. The molecule has 0 fully saturated rings. The first-order valence-corrected chi connectivity index (χ1v) is 6.92.